The van der Waals surface area contributed by atoms with Gasteiger partial charge in [-0.1, -0.05) is 29.5 Å². The van der Waals surface area contributed by atoms with Gasteiger partial charge in [-0.25, -0.2) is 4.79 Å². The van der Waals surface area contributed by atoms with Crippen LogP contribution in [0.3, 0.4) is 0 Å². The molecule has 9 heteroatoms. The molecule has 5 nitrogen and oxygen atoms in total. The van der Waals surface area contributed by atoms with E-state index < -0.39 is 29.7 Å². The zero-order chi connectivity index (χ0) is 21.2. The fraction of sp³-hybridized carbons (Fsp3) is 0.250. The van der Waals surface area contributed by atoms with Gasteiger partial charge in [0.15, 0.2) is 4.80 Å². The van der Waals surface area contributed by atoms with Crippen LogP contribution in [0.5, 0.6) is 0 Å². The minimum Gasteiger partial charge on any atom is -0.464 e. The largest absolute Gasteiger partial charge is 0.464 e. The van der Waals surface area contributed by atoms with Crippen LogP contribution in [0.2, 0.25) is 0 Å². The standard InChI is InChI=1S/C20H17F3N2O3S/c1-3-28-18(27)12(2)25-15-9-4-5-10-16(15)29-19(25)24-17(26)13-7-6-8-14(11-13)20(21,22)23/h4-12H,3H2,1-2H3. The minimum atomic E-state index is -4.56. The first kappa shape index (κ1) is 20.8. The number of benzene rings is 2. The van der Waals surface area contributed by atoms with Crippen LogP contribution in [0.1, 0.15) is 35.8 Å². The Hall–Kier alpha value is -2.94. The highest BCUT2D eigenvalue weighted by Gasteiger charge is 2.31. The van der Waals surface area contributed by atoms with Gasteiger partial charge in [-0.2, -0.15) is 18.2 Å². The van der Waals surface area contributed by atoms with Gasteiger partial charge in [-0.3, -0.25) is 4.79 Å². The van der Waals surface area contributed by atoms with Crippen molar-refractivity contribution in [3.05, 3.63) is 64.5 Å². The van der Waals surface area contributed by atoms with Crippen molar-refractivity contribution in [2.24, 2.45) is 4.99 Å². The first-order valence-electron chi connectivity index (χ1n) is 8.75. The Kier molecular flexibility index (Phi) is 5.88. The summed E-state index contributed by atoms with van der Waals surface area (Å²) in [6, 6.07) is 10.5. The van der Waals surface area contributed by atoms with E-state index in [4.69, 9.17) is 4.74 Å². The van der Waals surface area contributed by atoms with E-state index in [0.717, 1.165) is 22.9 Å². The fourth-order valence-corrected chi connectivity index (χ4v) is 3.89. The number of para-hydroxylation sites is 1. The molecule has 0 fully saturated rings. The van der Waals surface area contributed by atoms with Crippen molar-refractivity contribution in [1.82, 2.24) is 4.57 Å². The first-order chi connectivity index (χ1) is 13.7. The molecule has 0 N–H and O–H groups in total. The minimum absolute atomic E-state index is 0.187. The molecule has 1 atom stereocenters. The summed E-state index contributed by atoms with van der Waals surface area (Å²) in [5.74, 6) is -1.32. The van der Waals surface area contributed by atoms with Crippen LogP contribution in [0, 0.1) is 0 Å². The summed E-state index contributed by atoms with van der Waals surface area (Å²) in [4.78, 5) is 29.1. The van der Waals surface area contributed by atoms with Crippen molar-refractivity contribution < 1.29 is 27.5 Å². The lowest BCUT2D eigenvalue weighted by Gasteiger charge is -2.13. The maximum absolute atomic E-state index is 12.9. The van der Waals surface area contributed by atoms with Crippen molar-refractivity contribution in [1.29, 1.82) is 0 Å². The number of hydrogen-bond donors (Lipinski definition) is 0. The molecule has 1 aromatic heterocycles. The van der Waals surface area contributed by atoms with E-state index >= 15 is 0 Å². The van der Waals surface area contributed by atoms with E-state index in [9.17, 15) is 22.8 Å². The lowest BCUT2D eigenvalue weighted by Crippen LogP contribution is -2.27. The van der Waals surface area contributed by atoms with Crippen LogP contribution in [0.25, 0.3) is 10.2 Å². The van der Waals surface area contributed by atoms with Gasteiger partial charge in [0.05, 0.1) is 22.4 Å². The topological polar surface area (TPSA) is 60.7 Å². The second-order valence-corrected chi connectivity index (χ2v) is 7.16. The molecule has 2 aromatic carbocycles. The van der Waals surface area contributed by atoms with Gasteiger partial charge in [0, 0.05) is 5.56 Å². The van der Waals surface area contributed by atoms with Crippen molar-refractivity contribution in [2.75, 3.05) is 6.61 Å². The lowest BCUT2D eigenvalue weighted by molar-refractivity contribution is -0.146. The Morgan fingerprint density at radius 1 is 1.17 bits per heavy atom. The zero-order valence-corrected chi connectivity index (χ0v) is 16.4. The average Bonchev–Trinajstić information content (AvgIpc) is 3.04. The molecule has 29 heavy (non-hydrogen) atoms. The van der Waals surface area contributed by atoms with Crippen LogP contribution in [0.15, 0.2) is 53.5 Å². The highest BCUT2D eigenvalue weighted by atomic mass is 32.1. The number of carbonyl (C=O) groups is 2. The van der Waals surface area contributed by atoms with Crippen molar-refractivity contribution in [3.8, 4) is 0 Å². The quantitative estimate of drug-likeness (QED) is 0.578. The molecule has 0 aliphatic rings. The van der Waals surface area contributed by atoms with Crippen LogP contribution in [-0.2, 0) is 15.7 Å². The van der Waals surface area contributed by atoms with Crippen LogP contribution >= 0.6 is 11.3 Å². The molecule has 1 heterocycles. The summed E-state index contributed by atoms with van der Waals surface area (Å²) in [5, 5.41) is 0. The van der Waals surface area contributed by atoms with E-state index in [1.807, 2.05) is 6.07 Å². The van der Waals surface area contributed by atoms with Gasteiger partial charge in [0.2, 0.25) is 0 Å². The van der Waals surface area contributed by atoms with E-state index in [1.165, 1.54) is 17.4 Å². The van der Waals surface area contributed by atoms with Gasteiger partial charge >= 0.3 is 12.1 Å². The maximum atomic E-state index is 12.9. The summed E-state index contributed by atoms with van der Waals surface area (Å²) in [6.07, 6.45) is -4.56. The molecular weight excluding hydrogens is 405 g/mol. The number of ether oxygens (including phenoxy) is 1. The molecule has 1 amide bonds. The third-order valence-electron chi connectivity index (χ3n) is 4.18. The average molecular weight is 422 g/mol. The maximum Gasteiger partial charge on any atom is 0.416 e. The van der Waals surface area contributed by atoms with Crippen molar-refractivity contribution in [3.63, 3.8) is 0 Å². The smallest absolute Gasteiger partial charge is 0.416 e. The number of nitrogens with zero attached hydrogens (tertiary/aromatic N) is 2. The number of hydrogen-bond acceptors (Lipinski definition) is 4. The third kappa shape index (κ3) is 4.40. The molecular formula is C20H17F3N2O3S. The van der Waals surface area contributed by atoms with E-state index in [-0.39, 0.29) is 17.0 Å². The van der Waals surface area contributed by atoms with Gasteiger partial charge in [-0.05, 0) is 44.2 Å². The first-order valence-corrected chi connectivity index (χ1v) is 9.57. The molecule has 0 aliphatic carbocycles. The fourth-order valence-electron chi connectivity index (χ4n) is 2.79. The highest BCUT2D eigenvalue weighted by molar-refractivity contribution is 7.16. The zero-order valence-electron chi connectivity index (χ0n) is 15.6. The summed E-state index contributed by atoms with van der Waals surface area (Å²) in [6.45, 7) is 3.50. The van der Waals surface area contributed by atoms with Crippen LogP contribution < -0.4 is 4.80 Å². The number of carbonyl (C=O) groups excluding carboxylic acids is 2. The van der Waals surface area contributed by atoms with Gasteiger partial charge in [-0.15, -0.1) is 0 Å². The van der Waals surface area contributed by atoms with E-state index in [0.29, 0.717) is 5.52 Å². The van der Waals surface area contributed by atoms with E-state index in [2.05, 4.69) is 4.99 Å². The Morgan fingerprint density at radius 3 is 2.59 bits per heavy atom. The summed E-state index contributed by atoms with van der Waals surface area (Å²) in [7, 11) is 0. The number of halogens is 3. The van der Waals surface area contributed by atoms with Crippen molar-refractivity contribution in [2.45, 2.75) is 26.1 Å². The van der Waals surface area contributed by atoms with E-state index in [1.54, 1.807) is 36.6 Å². The number of esters is 1. The normalized spacial score (nSPS) is 13.5. The summed E-state index contributed by atoms with van der Waals surface area (Å²) >= 11 is 1.17. The SMILES string of the molecule is CCOC(=O)C(C)n1c(=NC(=O)c2cccc(C(F)(F)F)c2)sc2ccccc21. The Morgan fingerprint density at radius 2 is 1.90 bits per heavy atom. The number of alkyl halides is 3. The lowest BCUT2D eigenvalue weighted by atomic mass is 10.1. The van der Waals surface area contributed by atoms with Crippen LogP contribution in [-0.4, -0.2) is 23.1 Å². The summed E-state index contributed by atoms with van der Waals surface area (Å²) in [5.41, 5.74) is -0.441. The molecule has 0 saturated carbocycles. The summed E-state index contributed by atoms with van der Waals surface area (Å²) < 4.78 is 46.2. The molecule has 0 aliphatic heterocycles. The highest BCUT2D eigenvalue weighted by Crippen LogP contribution is 2.29. The van der Waals surface area contributed by atoms with Gasteiger partial charge < -0.3 is 9.30 Å². The molecule has 0 radical (unpaired) electrons. The molecule has 0 bridgehead atoms. The monoisotopic (exact) mass is 422 g/mol. The number of thiazole rings is 1. The molecule has 0 spiro atoms. The number of fused-ring (bicyclic) bond motifs is 1. The van der Waals surface area contributed by atoms with Crippen molar-refractivity contribution >= 4 is 33.4 Å². The molecule has 1 unspecified atom stereocenters. The number of amides is 1. The number of aromatic nitrogens is 1. The second-order valence-electron chi connectivity index (χ2n) is 6.15. The molecule has 0 saturated heterocycles. The predicted octanol–water partition coefficient (Wildman–Crippen LogP) is 4.59. The number of rotatable bonds is 4. The van der Waals surface area contributed by atoms with Crippen LogP contribution in [0.4, 0.5) is 13.2 Å². The molecule has 152 valence electrons. The van der Waals surface area contributed by atoms with Gasteiger partial charge in [0.25, 0.3) is 5.91 Å². The Bertz CT molecular complexity index is 1130. The third-order valence-corrected chi connectivity index (χ3v) is 5.22. The predicted molar refractivity (Wildman–Crippen MR) is 102 cm³/mol. The Labute approximate surface area is 168 Å². The second kappa shape index (κ2) is 8.20. The molecule has 3 aromatic rings. The molecule has 3 rings (SSSR count). The van der Waals surface area contributed by atoms with Gasteiger partial charge in [0.1, 0.15) is 6.04 Å². The Balaban J connectivity index is 2.12.